The van der Waals surface area contributed by atoms with E-state index in [-0.39, 0.29) is 5.54 Å². The normalized spacial score (nSPS) is 20.2. The summed E-state index contributed by atoms with van der Waals surface area (Å²) in [6.45, 7) is 10.8. The summed E-state index contributed by atoms with van der Waals surface area (Å²) in [4.78, 5) is 6.68. The van der Waals surface area contributed by atoms with Crippen LogP contribution in [0.1, 0.15) is 27.7 Å². The van der Waals surface area contributed by atoms with Gasteiger partial charge in [-0.15, -0.1) is 0 Å². The van der Waals surface area contributed by atoms with E-state index in [1.54, 1.807) is 0 Å². The van der Waals surface area contributed by atoms with Crippen molar-refractivity contribution in [1.82, 2.24) is 4.90 Å². The summed E-state index contributed by atoms with van der Waals surface area (Å²) >= 11 is 0. The Morgan fingerprint density at radius 2 is 1.70 bits per heavy atom. The molecular formula is C8H16N2. The molecular weight excluding hydrogens is 124 g/mol. The minimum absolute atomic E-state index is 0.159. The highest BCUT2D eigenvalue weighted by Gasteiger charge is 2.39. The third-order valence-electron chi connectivity index (χ3n) is 1.95. The second kappa shape index (κ2) is 2.26. The van der Waals surface area contributed by atoms with Crippen molar-refractivity contribution < 1.29 is 0 Å². The summed E-state index contributed by atoms with van der Waals surface area (Å²) in [7, 11) is 0. The molecule has 0 bridgehead atoms. The third-order valence-corrected chi connectivity index (χ3v) is 1.95. The summed E-state index contributed by atoms with van der Waals surface area (Å²) in [5, 5.41) is 0. The van der Waals surface area contributed by atoms with Crippen molar-refractivity contribution in [3.63, 3.8) is 0 Å². The van der Waals surface area contributed by atoms with E-state index < -0.39 is 0 Å². The maximum absolute atomic E-state index is 4.37. The van der Waals surface area contributed by atoms with Crippen LogP contribution in [0.5, 0.6) is 0 Å². The first-order chi connectivity index (χ1) is 4.61. The number of hydrogen-bond donors (Lipinski definition) is 0. The maximum Gasteiger partial charge on any atom is 0.128 e. The Morgan fingerprint density at radius 3 is 1.80 bits per heavy atom. The van der Waals surface area contributed by atoms with E-state index >= 15 is 0 Å². The highest BCUT2D eigenvalue weighted by atomic mass is 15.3. The first kappa shape index (κ1) is 7.58. The standard InChI is InChI=1S/C8H16N2/c1-5-10(6-2)7-8(3,4)9-7/h5-6H2,1-4H3. The first-order valence-electron chi connectivity index (χ1n) is 3.97. The molecule has 2 heteroatoms. The second-order valence-corrected chi connectivity index (χ2v) is 3.17. The quantitative estimate of drug-likeness (QED) is 0.568. The largest absolute Gasteiger partial charge is 0.359 e. The fraction of sp³-hybridized carbons (Fsp3) is 0.875. The summed E-state index contributed by atoms with van der Waals surface area (Å²) in [5.74, 6) is 1.28. The van der Waals surface area contributed by atoms with Gasteiger partial charge in [-0.3, -0.25) is 4.99 Å². The van der Waals surface area contributed by atoms with Crippen LogP contribution in [0, 0.1) is 0 Å². The van der Waals surface area contributed by atoms with Gasteiger partial charge in [-0.2, -0.15) is 0 Å². The van der Waals surface area contributed by atoms with Gasteiger partial charge in [-0.1, -0.05) is 0 Å². The van der Waals surface area contributed by atoms with Gasteiger partial charge in [-0.25, -0.2) is 0 Å². The van der Waals surface area contributed by atoms with Gasteiger partial charge in [0.25, 0.3) is 0 Å². The molecule has 1 aliphatic rings. The van der Waals surface area contributed by atoms with Gasteiger partial charge in [0.2, 0.25) is 0 Å². The molecule has 0 aliphatic carbocycles. The van der Waals surface area contributed by atoms with Crippen molar-refractivity contribution in [3.8, 4) is 0 Å². The Kier molecular flexibility index (Phi) is 1.71. The van der Waals surface area contributed by atoms with Crippen LogP contribution in [0.4, 0.5) is 0 Å². The molecule has 1 aliphatic heterocycles. The van der Waals surface area contributed by atoms with Crippen molar-refractivity contribution in [1.29, 1.82) is 0 Å². The molecule has 58 valence electrons. The number of rotatable bonds is 2. The zero-order valence-electron chi connectivity index (χ0n) is 7.31. The summed E-state index contributed by atoms with van der Waals surface area (Å²) in [6.07, 6.45) is 0. The number of hydrogen-bond acceptors (Lipinski definition) is 2. The Morgan fingerprint density at radius 1 is 1.30 bits per heavy atom. The number of aliphatic imine (C=N–C) groups is 1. The molecule has 0 unspecified atom stereocenters. The lowest BCUT2D eigenvalue weighted by Gasteiger charge is -2.17. The number of amidine groups is 1. The van der Waals surface area contributed by atoms with E-state index in [0.717, 1.165) is 13.1 Å². The van der Waals surface area contributed by atoms with Crippen LogP contribution in [0.2, 0.25) is 0 Å². The topological polar surface area (TPSA) is 15.6 Å². The monoisotopic (exact) mass is 140 g/mol. The molecule has 0 saturated heterocycles. The van der Waals surface area contributed by atoms with E-state index in [1.807, 2.05) is 0 Å². The van der Waals surface area contributed by atoms with E-state index in [2.05, 4.69) is 37.6 Å². The predicted octanol–water partition coefficient (Wildman–Crippen LogP) is 1.52. The zero-order valence-corrected chi connectivity index (χ0v) is 7.31. The Bertz CT molecular complexity index is 155. The Balaban J connectivity index is 2.44. The first-order valence-corrected chi connectivity index (χ1v) is 3.97. The lowest BCUT2D eigenvalue weighted by atomic mass is 10.2. The van der Waals surface area contributed by atoms with Crippen LogP contribution >= 0.6 is 0 Å². The zero-order chi connectivity index (χ0) is 7.78. The summed E-state index contributed by atoms with van der Waals surface area (Å²) in [5.41, 5.74) is 0.159. The summed E-state index contributed by atoms with van der Waals surface area (Å²) < 4.78 is 0. The fourth-order valence-corrected chi connectivity index (χ4v) is 1.22. The van der Waals surface area contributed by atoms with Gasteiger partial charge in [-0.05, 0) is 27.7 Å². The van der Waals surface area contributed by atoms with Crippen molar-refractivity contribution in [2.24, 2.45) is 4.99 Å². The van der Waals surface area contributed by atoms with Gasteiger partial charge in [0, 0.05) is 13.1 Å². The molecule has 0 atom stereocenters. The van der Waals surface area contributed by atoms with Crippen molar-refractivity contribution in [2.45, 2.75) is 33.2 Å². The molecule has 0 aromatic heterocycles. The van der Waals surface area contributed by atoms with Gasteiger partial charge in [0.1, 0.15) is 11.4 Å². The highest BCUT2D eigenvalue weighted by Crippen LogP contribution is 2.28. The van der Waals surface area contributed by atoms with Crippen LogP contribution in [-0.4, -0.2) is 29.4 Å². The highest BCUT2D eigenvalue weighted by molar-refractivity contribution is 6.02. The fourth-order valence-electron chi connectivity index (χ4n) is 1.22. The molecule has 10 heavy (non-hydrogen) atoms. The van der Waals surface area contributed by atoms with Crippen LogP contribution in [0.25, 0.3) is 0 Å². The van der Waals surface area contributed by atoms with Gasteiger partial charge in [0.15, 0.2) is 0 Å². The minimum atomic E-state index is 0.159. The van der Waals surface area contributed by atoms with Crippen molar-refractivity contribution >= 4 is 5.84 Å². The third kappa shape index (κ3) is 1.15. The molecule has 0 N–H and O–H groups in total. The molecule has 0 radical (unpaired) electrons. The second-order valence-electron chi connectivity index (χ2n) is 3.17. The smallest absolute Gasteiger partial charge is 0.128 e. The van der Waals surface area contributed by atoms with Crippen molar-refractivity contribution in [2.75, 3.05) is 13.1 Å². The average molecular weight is 140 g/mol. The van der Waals surface area contributed by atoms with E-state index in [1.165, 1.54) is 5.84 Å². The molecule has 0 saturated carbocycles. The van der Waals surface area contributed by atoms with Gasteiger partial charge in [0.05, 0.1) is 0 Å². The molecule has 1 rings (SSSR count). The van der Waals surface area contributed by atoms with Crippen LogP contribution in [0.3, 0.4) is 0 Å². The Labute approximate surface area is 62.9 Å². The van der Waals surface area contributed by atoms with Crippen LogP contribution < -0.4 is 0 Å². The summed E-state index contributed by atoms with van der Waals surface area (Å²) in [6, 6.07) is 0. The van der Waals surface area contributed by atoms with E-state index in [4.69, 9.17) is 0 Å². The number of nitrogens with zero attached hydrogens (tertiary/aromatic N) is 2. The predicted molar refractivity (Wildman–Crippen MR) is 44.4 cm³/mol. The number of likely N-dealkylation sites (N-methyl/N-ethyl adjacent to an activating group) is 1. The van der Waals surface area contributed by atoms with Gasteiger partial charge >= 0.3 is 0 Å². The minimum Gasteiger partial charge on any atom is -0.359 e. The van der Waals surface area contributed by atoms with E-state index in [0.29, 0.717) is 0 Å². The molecule has 2 nitrogen and oxygen atoms in total. The van der Waals surface area contributed by atoms with E-state index in [9.17, 15) is 0 Å². The average Bonchev–Trinajstić information content (AvgIpc) is 2.44. The van der Waals surface area contributed by atoms with Gasteiger partial charge < -0.3 is 4.90 Å². The lowest BCUT2D eigenvalue weighted by molar-refractivity contribution is 0.463. The molecule has 0 spiro atoms. The molecule has 1 heterocycles. The maximum atomic E-state index is 4.37. The molecule has 0 amide bonds. The SMILES string of the molecule is CCN(CC)C1=NC1(C)C. The molecule has 0 aromatic rings. The lowest BCUT2D eigenvalue weighted by Crippen LogP contribution is -2.30. The van der Waals surface area contributed by atoms with Crippen LogP contribution in [-0.2, 0) is 0 Å². The van der Waals surface area contributed by atoms with Crippen molar-refractivity contribution in [3.05, 3.63) is 0 Å². The van der Waals surface area contributed by atoms with Crippen LogP contribution in [0.15, 0.2) is 4.99 Å². The molecule has 0 aromatic carbocycles. The Hall–Kier alpha value is -0.530. The molecule has 0 fully saturated rings.